The van der Waals surface area contributed by atoms with Gasteiger partial charge in [-0.05, 0) is 88.8 Å². The van der Waals surface area contributed by atoms with Crippen molar-refractivity contribution in [3.8, 4) is 5.75 Å². The van der Waals surface area contributed by atoms with Gasteiger partial charge < -0.3 is 4.74 Å². The molecular formula is C24H32N2O3S. The number of amides is 3. The molecule has 2 rings (SSSR count). The van der Waals surface area contributed by atoms with Crippen molar-refractivity contribution >= 4 is 29.9 Å². The fourth-order valence-electron chi connectivity index (χ4n) is 3.29. The van der Waals surface area contributed by atoms with E-state index in [1.54, 1.807) is 16.7 Å². The Balaban J connectivity index is 2.24. The minimum absolute atomic E-state index is 0.208. The number of ether oxygens (including phenoxy) is 1. The molecule has 0 fully saturated rings. The molecule has 0 N–H and O–H groups in total. The van der Waals surface area contributed by atoms with E-state index in [2.05, 4.69) is 0 Å². The number of rotatable bonds is 7. The van der Waals surface area contributed by atoms with Crippen molar-refractivity contribution < 1.29 is 14.3 Å². The number of anilines is 1. The van der Waals surface area contributed by atoms with Crippen LogP contribution in [0.2, 0.25) is 0 Å². The van der Waals surface area contributed by atoms with Crippen LogP contribution in [0.1, 0.15) is 44.4 Å². The smallest absolute Gasteiger partial charge is 0.331 e. The molecule has 2 aromatic rings. The van der Waals surface area contributed by atoms with Gasteiger partial charge in [-0.15, -0.1) is 11.8 Å². The number of hydrogen-bond acceptors (Lipinski definition) is 4. The summed E-state index contributed by atoms with van der Waals surface area (Å²) >= 11 is 1.64. The zero-order valence-electron chi connectivity index (χ0n) is 19.0. The van der Waals surface area contributed by atoms with Crippen molar-refractivity contribution in [3.05, 3.63) is 53.1 Å². The van der Waals surface area contributed by atoms with Gasteiger partial charge in [0.15, 0.2) is 0 Å². The molecule has 162 valence electrons. The molecule has 5 nitrogen and oxygen atoms in total. The van der Waals surface area contributed by atoms with E-state index < -0.39 is 0 Å². The molecule has 30 heavy (non-hydrogen) atoms. The van der Waals surface area contributed by atoms with Crippen LogP contribution < -0.4 is 9.64 Å². The first-order valence-electron chi connectivity index (χ1n) is 10.1. The van der Waals surface area contributed by atoms with Crippen LogP contribution in [0.3, 0.4) is 0 Å². The summed E-state index contributed by atoms with van der Waals surface area (Å²) in [5.74, 6) is 0.847. The predicted molar refractivity (Wildman–Crippen MR) is 125 cm³/mol. The number of imide groups is 1. The zero-order chi connectivity index (χ0) is 22.5. The molecule has 0 bridgehead atoms. The van der Waals surface area contributed by atoms with E-state index in [-0.39, 0.29) is 18.2 Å². The van der Waals surface area contributed by atoms with Crippen LogP contribution in [0.4, 0.5) is 10.5 Å². The summed E-state index contributed by atoms with van der Waals surface area (Å²) in [6.45, 7) is 12.6. The van der Waals surface area contributed by atoms with E-state index in [0.717, 1.165) is 33.0 Å². The van der Waals surface area contributed by atoms with Crippen LogP contribution in [0.15, 0.2) is 41.3 Å². The summed E-state index contributed by atoms with van der Waals surface area (Å²) in [6.07, 6.45) is 2.61. The quantitative estimate of drug-likeness (QED) is 0.413. The Morgan fingerprint density at radius 2 is 1.67 bits per heavy atom. The summed E-state index contributed by atoms with van der Waals surface area (Å²) in [7, 11) is 0. The highest BCUT2D eigenvalue weighted by Crippen LogP contribution is 2.29. The molecule has 0 saturated carbocycles. The van der Waals surface area contributed by atoms with Crippen molar-refractivity contribution in [1.29, 1.82) is 0 Å². The molecule has 3 amide bonds. The highest BCUT2D eigenvalue weighted by Gasteiger charge is 2.22. The Hall–Kier alpha value is -2.47. The van der Waals surface area contributed by atoms with Gasteiger partial charge in [-0.3, -0.25) is 14.6 Å². The average Bonchev–Trinajstić information content (AvgIpc) is 2.69. The monoisotopic (exact) mass is 428 g/mol. The lowest BCUT2D eigenvalue weighted by Gasteiger charge is -2.27. The van der Waals surface area contributed by atoms with Crippen LogP contribution in [0.5, 0.6) is 5.75 Å². The van der Waals surface area contributed by atoms with E-state index in [1.165, 1.54) is 4.90 Å². The lowest BCUT2D eigenvalue weighted by molar-refractivity contribution is -0.115. The van der Waals surface area contributed by atoms with Gasteiger partial charge in [-0.2, -0.15) is 0 Å². The van der Waals surface area contributed by atoms with Gasteiger partial charge in [-0.1, -0.05) is 12.1 Å². The first kappa shape index (κ1) is 23.8. The fraction of sp³-hybridized carbons (Fsp3) is 0.417. The highest BCUT2D eigenvalue weighted by atomic mass is 32.2. The second-order valence-corrected chi connectivity index (χ2v) is 9.11. The molecule has 0 radical (unpaired) electrons. The standard InChI is InChI=1S/C24H32N2O3S/c1-8-26(20-9-11-21(30-7)12-10-20)23(28)25(16-27)15-19-13-17(2)22(18(3)14-19)29-24(4,5)6/h9-14,16H,8,15H2,1-7H3. The summed E-state index contributed by atoms with van der Waals surface area (Å²) in [5.41, 5.74) is 3.33. The molecule has 2 aromatic carbocycles. The van der Waals surface area contributed by atoms with E-state index in [1.807, 2.05) is 84.2 Å². The first-order valence-corrected chi connectivity index (χ1v) is 11.3. The molecule has 0 saturated heterocycles. The molecule has 0 atom stereocenters. The van der Waals surface area contributed by atoms with Crippen LogP contribution >= 0.6 is 11.8 Å². The summed E-state index contributed by atoms with van der Waals surface area (Å²) in [6, 6.07) is 11.4. The molecular weight excluding hydrogens is 396 g/mol. The Morgan fingerprint density at radius 3 is 2.10 bits per heavy atom. The average molecular weight is 429 g/mol. The number of aryl methyl sites for hydroxylation is 2. The molecule has 0 unspecified atom stereocenters. The fourth-order valence-corrected chi connectivity index (χ4v) is 3.70. The number of carbonyl (C=O) groups excluding carboxylic acids is 2. The van der Waals surface area contributed by atoms with Crippen LogP contribution in [-0.4, -0.2) is 35.7 Å². The number of nitrogens with zero attached hydrogens (tertiary/aromatic N) is 2. The third-order valence-corrected chi connectivity index (χ3v) is 5.33. The Bertz CT molecular complexity index is 865. The van der Waals surface area contributed by atoms with Crippen molar-refractivity contribution in [3.63, 3.8) is 0 Å². The number of hydrogen-bond donors (Lipinski definition) is 0. The maximum absolute atomic E-state index is 13.1. The molecule has 0 aliphatic rings. The van der Waals surface area contributed by atoms with Gasteiger partial charge in [0, 0.05) is 17.1 Å². The summed E-state index contributed by atoms with van der Waals surface area (Å²) in [5, 5.41) is 0. The van der Waals surface area contributed by atoms with Crippen molar-refractivity contribution in [2.24, 2.45) is 0 Å². The van der Waals surface area contributed by atoms with Gasteiger partial charge in [0.25, 0.3) is 0 Å². The highest BCUT2D eigenvalue weighted by molar-refractivity contribution is 7.98. The van der Waals surface area contributed by atoms with Crippen molar-refractivity contribution in [2.45, 2.75) is 58.6 Å². The molecule has 0 aliphatic carbocycles. The van der Waals surface area contributed by atoms with E-state index in [4.69, 9.17) is 4.74 Å². The maximum Gasteiger partial charge on any atom is 0.331 e. The zero-order valence-corrected chi connectivity index (χ0v) is 19.8. The topological polar surface area (TPSA) is 49.9 Å². The van der Waals surface area contributed by atoms with Crippen molar-refractivity contribution in [2.75, 3.05) is 17.7 Å². The van der Waals surface area contributed by atoms with Gasteiger partial charge in [0.05, 0.1) is 6.54 Å². The van der Waals surface area contributed by atoms with Crippen LogP contribution in [0, 0.1) is 13.8 Å². The van der Waals surface area contributed by atoms with E-state index in [0.29, 0.717) is 13.0 Å². The SMILES string of the molecule is CCN(C(=O)N(C=O)Cc1cc(C)c(OC(C)(C)C)c(C)c1)c1ccc(SC)cc1. The Labute approximate surface area is 184 Å². The normalized spacial score (nSPS) is 11.2. The summed E-state index contributed by atoms with van der Waals surface area (Å²) < 4.78 is 6.07. The maximum atomic E-state index is 13.1. The second-order valence-electron chi connectivity index (χ2n) is 8.23. The number of carbonyl (C=O) groups is 2. The lowest BCUT2D eigenvalue weighted by Crippen LogP contribution is -2.42. The number of thioether (sulfide) groups is 1. The number of benzene rings is 2. The van der Waals surface area contributed by atoms with Gasteiger partial charge in [0.1, 0.15) is 11.4 Å². The third-order valence-electron chi connectivity index (χ3n) is 4.59. The van der Waals surface area contributed by atoms with Gasteiger partial charge in [0.2, 0.25) is 6.41 Å². The summed E-state index contributed by atoms with van der Waals surface area (Å²) in [4.78, 5) is 28.8. The minimum Gasteiger partial charge on any atom is -0.488 e. The first-order chi connectivity index (χ1) is 14.1. The van der Waals surface area contributed by atoms with Gasteiger partial charge in [-0.25, -0.2) is 4.79 Å². The Morgan fingerprint density at radius 1 is 1.10 bits per heavy atom. The lowest BCUT2D eigenvalue weighted by atomic mass is 10.0. The molecule has 0 heterocycles. The van der Waals surface area contributed by atoms with E-state index in [9.17, 15) is 9.59 Å². The second kappa shape index (κ2) is 10.0. The molecule has 0 spiro atoms. The third kappa shape index (κ3) is 6.02. The molecule has 6 heteroatoms. The van der Waals surface area contributed by atoms with Crippen molar-refractivity contribution in [1.82, 2.24) is 4.90 Å². The largest absolute Gasteiger partial charge is 0.488 e. The molecule has 0 aromatic heterocycles. The number of urea groups is 1. The minimum atomic E-state index is -0.338. The molecule has 0 aliphatic heterocycles. The van der Waals surface area contributed by atoms with Crippen LogP contribution in [-0.2, 0) is 11.3 Å². The van der Waals surface area contributed by atoms with Crippen LogP contribution in [0.25, 0.3) is 0 Å². The Kier molecular flexibility index (Phi) is 7.96. The predicted octanol–water partition coefficient (Wildman–Crippen LogP) is 5.81. The van der Waals surface area contributed by atoms with Gasteiger partial charge >= 0.3 is 6.03 Å². The van der Waals surface area contributed by atoms with E-state index >= 15 is 0 Å².